The highest BCUT2D eigenvalue weighted by atomic mass is 16.5. The second-order valence-corrected chi connectivity index (χ2v) is 7.58. The minimum atomic E-state index is -0.487. The minimum Gasteiger partial charge on any atom is -0.465 e. The normalized spacial score (nSPS) is 14.0. The fourth-order valence-corrected chi connectivity index (χ4v) is 3.52. The molecule has 2 amide bonds. The van der Waals surface area contributed by atoms with Crippen LogP contribution in [0.2, 0.25) is 0 Å². The van der Waals surface area contributed by atoms with Crippen LogP contribution in [0, 0.1) is 0 Å². The van der Waals surface area contributed by atoms with Gasteiger partial charge in [-0.2, -0.15) is 0 Å². The lowest BCUT2D eigenvalue weighted by Crippen LogP contribution is -2.41. The fourth-order valence-electron chi connectivity index (χ4n) is 3.52. The van der Waals surface area contributed by atoms with Crippen LogP contribution in [0.25, 0.3) is 0 Å². The number of nitrogens with zero attached hydrogens (tertiary/aromatic N) is 1. The van der Waals surface area contributed by atoms with Crippen LogP contribution in [0.5, 0.6) is 0 Å². The molecule has 3 rings (SSSR count). The summed E-state index contributed by atoms with van der Waals surface area (Å²) in [7, 11) is 1.29. The Morgan fingerprint density at radius 1 is 0.875 bits per heavy atom. The lowest BCUT2D eigenvalue weighted by atomic mass is 10.1. The quantitative estimate of drug-likeness (QED) is 0.509. The molecule has 0 unspecified atom stereocenters. The molecule has 0 atom stereocenters. The predicted octanol–water partition coefficient (Wildman–Crippen LogP) is 2.94. The van der Waals surface area contributed by atoms with Crippen molar-refractivity contribution in [2.45, 2.75) is 32.3 Å². The molecule has 0 aromatic heterocycles. The molecule has 2 aromatic rings. The van der Waals surface area contributed by atoms with Gasteiger partial charge in [0, 0.05) is 36.5 Å². The standard InChI is InChI=1S/C24H29N3O5/c1-3-16-32-21-12-14-27(15-13-21)20-10-8-18(9-11-20)23(29)26-25-22(28)17-4-6-19(7-5-17)24(30)31-2/h4-11,21H,3,12-16H2,1-2H3,(H,25,28)(H,26,29). The van der Waals surface area contributed by atoms with Crippen molar-refractivity contribution in [1.82, 2.24) is 10.9 Å². The number of hydrazine groups is 1. The van der Waals surface area contributed by atoms with Gasteiger partial charge in [0.2, 0.25) is 0 Å². The molecule has 0 radical (unpaired) electrons. The molecule has 8 heteroatoms. The number of carbonyl (C=O) groups is 3. The summed E-state index contributed by atoms with van der Waals surface area (Å²) >= 11 is 0. The molecule has 0 aliphatic carbocycles. The van der Waals surface area contributed by atoms with Gasteiger partial charge in [-0.3, -0.25) is 20.4 Å². The Labute approximate surface area is 187 Å². The maximum absolute atomic E-state index is 12.4. The van der Waals surface area contributed by atoms with Crippen LogP contribution in [-0.2, 0) is 9.47 Å². The summed E-state index contributed by atoms with van der Waals surface area (Å²) in [6, 6.07) is 13.2. The highest BCUT2D eigenvalue weighted by molar-refractivity contribution is 5.99. The van der Waals surface area contributed by atoms with Crippen LogP contribution in [0.1, 0.15) is 57.3 Å². The molecule has 0 spiro atoms. The van der Waals surface area contributed by atoms with Gasteiger partial charge < -0.3 is 14.4 Å². The topological polar surface area (TPSA) is 97.0 Å². The zero-order valence-electron chi connectivity index (χ0n) is 18.4. The Bertz CT molecular complexity index is 920. The predicted molar refractivity (Wildman–Crippen MR) is 121 cm³/mol. The van der Waals surface area contributed by atoms with E-state index in [0.717, 1.165) is 44.6 Å². The molecule has 2 aromatic carbocycles. The van der Waals surface area contributed by atoms with Crippen molar-refractivity contribution in [3.63, 3.8) is 0 Å². The molecule has 8 nitrogen and oxygen atoms in total. The van der Waals surface area contributed by atoms with Crippen LogP contribution in [0.4, 0.5) is 5.69 Å². The third-order valence-electron chi connectivity index (χ3n) is 5.35. The van der Waals surface area contributed by atoms with E-state index in [1.54, 1.807) is 12.1 Å². The van der Waals surface area contributed by atoms with Crippen molar-refractivity contribution in [2.24, 2.45) is 0 Å². The molecule has 2 N–H and O–H groups in total. The summed E-state index contributed by atoms with van der Waals surface area (Å²) in [5, 5.41) is 0. The number of hydrogen-bond acceptors (Lipinski definition) is 6. The van der Waals surface area contributed by atoms with E-state index in [-0.39, 0.29) is 0 Å². The molecule has 0 saturated carbocycles. The number of methoxy groups -OCH3 is 1. The minimum absolute atomic E-state index is 0.305. The van der Waals surface area contributed by atoms with Gasteiger partial charge in [-0.1, -0.05) is 6.92 Å². The summed E-state index contributed by atoms with van der Waals surface area (Å²) in [6.45, 7) is 4.77. The number of rotatable bonds is 7. The summed E-state index contributed by atoms with van der Waals surface area (Å²) in [5.41, 5.74) is 6.94. The second-order valence-electron chi connectivity index (χ2n) is 7.58. The van der Waals surface area contributed by atoms with Gasteiger partial charge in [0.15, 0.2) is 0 Å². The Hall–Kier alpha value is -3.39. The molecule has 32 heavy (non-hydrogen) atoms. The fraction of sp³-hybridized carbons (Fsp3) is 0.375. The number of amides is 2. The lowest BCUT2D eigenvalue weighted by Gasteiger charge is -2.33. The van der Waals surface area contributed by atoms with Crippen LogP contribution in [0.3, 0.4) is 0 Å². The van der Waals surface area contributed by atoms with E-state index in [1.165, 1.54) is 31.4 Å². The van der Waals surface area contributed by atoms with Crippen molar-refractivity contribution in [3.05, 3.63) is 65.2 Å². The number of piperidine rings is 1. The molecule has 1 saturated heterocycles. The van der Waals surface area contributed by atoms with Crippen molar-refractivity contribution in [1.29, 1.82) is 0 Å². The van der Waals surface area contributed by atoms with Crippen LogP contribution < -0.4 is 15.8 Å². The van der Waals surface area contributed by atoms with Crippen molar-refractivity contribution in [3.8, 4) is 0 Å². The number of hydrogen-bond donors (Lipinski definition) is 2. The molecule has 1 aliphatic heterocycles. The number of ether oxygens (including phenoxy) is 2. The Kier molecular flexibility index (Phi) is 8.21. The molecule has 1 fully saturated rings. The maximum atomic E-state index is 12.4. The van der Waals surface area contributed by atoms with E-state index in [4.69, 9.17) is 4.74 Å². The summed E-state index contributed by atoms with van der Waals surface area (Å²) < 4.78 is 10.5. The van der Waals surface area contributed by atoms with Gasteiger partial charge in [0.25, 0.3) is 11.8 Å². The van der Waals surface area contributed by atoms with Crippen molar-refractivity contribution in [2.75, 3.05) is 31.7 Å². The third kappa shape index (κ3) is 6.07. The van der Waals surface area contributed by atoms with Gasteiger partial charge in [-0.25, -0.2) is 4.79 Å². The SMILES string of the molecule is CCCOC1CCN(c2ccc(C(=O)NNC(=O)c3ccc(C(=O)OC)cc3)cc2)CC1. The smallest absolute Gasteiger partial charge is 0.337 e. The Morgan fingerprint density at radius 3 is 1.88 bits per heavy atom. The number of esters is 1. The molecule has 1 heterocycles. The molecular weight excluding hydrogens is 410 g/mol. The van der Waals surface area contributed by atoms with Crippen LogP contribution >= 0.6 is 0 Å². The number of carbonyl (C=O) groups excluding carboxylic acids is 3. The van der Waals surface area contributed by atoms with Gasteiger partial charge in [0.05, 0.1) is 18.8 Å². The van der Waals surface area contributed by atoms with E-state index in [1.807, 2.05) is 12.1 Å². The van der Waals surface area contributed by atoms with Crippen LogP contribution in [0.15, 0.2) is 48.5 Å². The van der Waals surface area contributed by atoms with Gasteiger partial charge in [-0.05, 0) is 67.8 Å². The highest BCUT2D eigenvalue weighted by Crippen LogP contribution is 2.22. The molecular formula is C24H29N3O5. The lowest BCUT2D eigenvalue weighted by molar-refractivity contribution is 0.0375. The first kappa shape index (κ1) is 23.3. The summed E-state index contributed by atoms with van der Waals surface area (Å²) in [4.78, 5) is 38.3. The molecule has 170 valence electrons. The average molecular weight is 440 g/mol. The molecule has 0 bridgehead atoms. The third-order valence-corrected chi connectivity index (χ3v) is 5.35. The van der Waals surface area contributed by atoms with E-state index in [9.17, 15) is 14.4 Å². The molecule has 1 aliphatic rings. The van der Waals surface area contributed by atoms with Gasteiger partial charge in [0.1, 0.15) is 0 Å². The van der Waals surface area contributed by atoms with Crippen molar-refractivity contribution < 1.29 is 23.9 Å². The van der Waals surface area contributed by atoms with E-state index in [0.29, 0.717) is 22.8 Å². The highest BCUT2D eigenvalue weighted by Gasteiger charge is 2.20. The average Bonchev–Trinajstić information content (AvgIpc) is 2.85. The zero-order valence-corrected chi connectivity index (χ0v) is 18.4. The van der Waals surface area contributed by atoms with E-state index >= 15 is 0 Å². The van der Waals surface area contributed by atoms with Crippen molar-refractivity contribution >= 4 is 23.5 Å². The van der Waals surface area contributed by atoms with E-state index < -0.39 is 17.8 Å². The second kappa shape index (κ2) is 11.3. The zero-order chi connectivity index (χ0) is 22.9. The monoisotopic (exact) mass is 439 g/mol. The number of benzene rings is 2. The number of anilines is 1. The summed E-state index contributed by atoms with van der Waals surface area (Å²) in [6.07, 6.45) is 3.35. The first-order valence-electron chi connectivity index (χ1n) is 10.8. The van der Waals surface area contributed by atoms with Crippen LogP contribution in [-0.4, -0.2) is 50.7 Å². The first-order chi connectivity index (χ1) is 15.5. The number of nitrogens with one attached hydrogen (secondary N) is 2. The Balaban J connectivity index is 1.48. The van der Waals surface area contributed by atoms with Gasteiger partial charge >= 0.3 is 5.97 Å². The summed E-state index contributed by atoms with van der Waals surface area (Å²) in [5.74, 6) is -1.38. The first-order valence-corrected chi connectivity index (χ1v) is 10.8. The Morgan fingerprint density at radius 2 is 1.38 bits per heavy atom. The van der Waals surface area contributed by atoms with Gasteiger partial charge in [-0.15, -0.1) is 0 Å². The maximum Gasteiger partial charge on any atom is 0.337 e. The largest absolute Gasteiger partial charge is 0.465 e. The van der Waals surface area contributed by atoms with E-state index in [2.05, 4.69) is 27.4 Å².